The second-order valence-corrected chi connectivity index (χ2v) is 8.99. The van der Waals surface area contributed by atoms with Gasteiger partial charge < -0.3 is 5.32 Å². The molecule has 1 aliphatic heterocycles. The van der Waals surface area contributed by atoms with Crippen LogP contribution < -0.4 is 5.32 Å². The zero-order valence-corrected chi connectivity index (χ0v) is 15.4. The minimum absolute atomic E-state index is 0.0793. The Bertz CT molecular complexity index is 944. The molecule has 2 aromatic rings. The van der Waals surface area contributed by atoms with Gasteiger partial charge in [0.15, 0.2) is 5.82 Å². The van der Waals surface area contributed by atoms with Crippen LogP contribution in [0.5, 0.6) is 0 Å². The molecule has 0 atom stereocenters. The van der Waals surface area contributed by atoms with Crippen LogP contribution in [0.25, 0.3) is 11.4 Å². The van der Waals surface area contributed by atoms with Gasteiger partial charge >= 0.3 is 0 Å². The lowest BCUT2D eigenvalue weighted by molar-refractivity contribution is 0.388. The molecule has 1 fully saturated rings. The summed E-state index contributed by atoms with van der Waals surface area (Å²) in [6.45, 7) is 2.34. The van der Waals surface area contributed by atoms with Crippen LogP contribution in [0.4, 0.5) is 10.2 Å². The van der Waals surface area contributed by atoms with Gasteiger partial charge in [0.1, 0.15) is 11.6 Å². The zero-order chi connectivity index (χ0) is 18.3. The molecule has 1 saturated carbocycles. The molecule has 2 aliphatic rings. The Morgan fingerprint density at radius 3 is 2.81 bits per heavy atom. The van der Waals surface area contributed by atoms with Crippen LogP contribution in [-0.2, 0) is 23.0 Å². The van der Waals surface area contributed by atoms with Gasteiger partial charge in [-0.25, -0.2) is 22.8 Å². The molecule has 0 spiro atoms. The number of hydrogen-bond acceptors (Lipinski definition) is 5. The number of rotatable bonds is 5. The van der Waals surface area contributed by atoms with Crippen LogP contribution in [0.15, 0.2) is 24.3 Å². The van der Waals surface area contributed by atoms with Gasteiger partial charge in [0.05, 0.1) is 11.4 Å². The first kappa shape index (κ1) is 17.4. The van der Waals surface area contributed by atoms with Crippen molar-refractivity contribution < 1.29 is 12.8 Å². The largest absolute Gasteiger partial charge is 0.367 e. The van der Waals surface area contributed by atoms with Gasteiger partial charge in [-0.1, -0.05) is 12.1 Å². The monoisotopic (exact) mass is 376 g/mol. The van der Waals surface area contributed by atoms with Crippen molar-refractivity contribution in [3.63, 3.8) is 0 Å². The maximum absolute atomic E-state index is 13.6. The van der Waals surface area contributed by atoms with Crippen molar-refractivity contribution in [2.24, 2.45) is 0 Å². The quantitative estimate of drug-likeness (QED) is 0.868. The van der Waals surface area contributed by atoms with Crippen molar-refractivity contribution in [2.75, 3.05) is 17.6 Å². The van der Waals surface area contributed by atoms with Gasteiger partial charge in [0.25, 0.3) is 0 Å². The number of anilines is 1. The number of benzene rings is 1. The number of halogens is 1. The van der Waals surface area contributed by atoms with Gasteiger partial charge in [0.2, 0.25) is 10.0 Å². The van der Waals surface area contributed by atoms with E-state index >= 15 is 0 Å². The molecule has 1 N–H and O–H groups in total. The lowest BCUT2D eigenvalue weighted by Gasteiger charge is -2.28. The fraction of sp³-hybridized carbons (Fsp3) is 0.444. The Kier molecular flexibility index (Phi) is 4.40. The number of fused-ring (bicyclic) bond motifs is 1. The Morgan fingerprint density at radius 1 is 1.31 bits per heavy atom. The molecule has 1 aliphatic carbocycles. The van der Waals surface area contributed by atoms with Gasteiger partial charge in [-0.2, -0.15) is 4.31 Å². The third kappa shape index (κ3) is 3.43. The molecule has 4 rings (SSSR count). The Hall–Kier alpha value is -2.06. The molecule has 1 aromatic heterocycles. The fourth-order valence-corrected chi connectivity index (χ4v) is 4.17. The summed E-state index contributed by atoms with van der Waals surface area (Å²) in [7, 11) is -3.26. The van der Waals surface area contributed by atoms with E-state index in [-0.39, 0.29) is 18.1 Å². The summed E-state index contributed by atoms with van der Waals surface area (Å²) in [4.78, 5) is 9.23. The van der Waals surface area contributed by atoms with E-state index in [0.29, 0.717) is 36.2 Å². The molecule has 0 saturated heterocycles. The Labute approximate surface area is 152 Å². The predicted octanol–water partition coefficient (Wildman–Crippen LogP) is 2.56. The third-order valence-electron chi connectivity index (χ3n) is 4.78. The van der Waals surface area contributed by atoms with Gasteiger partial charge in [-0.05, 0) is 31.9 Å². The molecule has 26 heavy (non-hydrogen) atoms. The molecule has 0 bridgehead atoms. The van der Waals surface area contributed by atoms with E-state index in [1.54, 1.807) is 19.1 Å². The fourth-order valence-electron chi connectivity index (χ4n) is 3.11. The molecule has 138 valence electrons. The van der Waals surface area contributed by atoms with Crippen molar-refractivity contribution in [1.82, 2.24) is 14.3 Å². The van der Waals surface area contributed by atoms with E-state index in [1.807, 2.05) is 0 Å². The maximum Gasteiger partial charge on any atom is 0.214 e. The first-order chi connectivity index (χ1) is 12.5. The van der Waals surface area contributed by atoms with Crippen molar-refractivity contribution in [3.8, 4) is 11.4 Å². The molecule has 1 aromatic carbocycles. The number of hydrogen-bond donors (Lipinski definition) is 1. The van der Waals surface area contributed by atoms with Gasteiger partial charge in [0, 0.05) is 36.7 Å². The second-order valence-electron chi connectivity index (χ2n) is 6.73. The van der Waals surface area contributed by atoms with Crippen molar-refractivity contribution in [2.45, 2.75) is 38.8 Å². The Morgan fingerprint density at radius 2 is 2.12 bits per heavy atom. The molecular weight excluding hydrogens is 355 g/mol. The van der Waals surface area contributed by atoms with Crippen LogP contribution in [-0.4, -0.2) is 41.0 Å². The van der Waals surface area contributed by atoms with E-state index in [4.69, 9.17) is 0 Å². The normalized spacial score (nSPS) is 17.8. The summed E-state index contributed by atoms with van der Waals surface area (Å²) in [6, 6.07) is 6.59. The number of nitrogens with zero attached hydrogens (tertiary/aromatic N) is 3. The highest BCUT2D eigenvalue weighted by molar-refractivity contribution is 7.89. The topological polar surface area (TPSA) is 75.2 Å². The maximum atomic E-state index is 13.6. The van der Waals surface area contributed by atoms with Crippen molar-refractivity contribution >= 4 is 15.8 Å². The van der Waals surface area contributed by atoms with E-state index in [1.165, 1.54) is 16.4 Å². The summed E-state index contributed by atoms with van der Waals surface area (Å²) >= 11 is 0. The van der Waals surface area contributed by atoms with E-state index in [9.17, 15) is 12.8 Å². The van der Waals surface area contributed by atoms with E-state index in [0.717, 1.165) is 24.1 Å². The van der Waals surface area contributed by atoms with Gasteiger partial charge in [-0.15, -0.1) is 0 Å². The SMILES string of the molecule is CCS(=O)(=O)N1CCc2nc(-c3cccc(F)c3)nc(NC3CC3)c2C1. The highest BCUT2D eigenvalue weighted by Gasteiger charge is 2.31. The third-order valence-corrected chi connectivity index (χ3v) is 6.61. The average Bonchev–Trinajstić information content (AvgIpc) is 3.45. The summed E-state index contributed by atoms with van der Waals surface area (Å²) in [5.74, 6) is 0.891. The van der Waals surface area contributed by atoms with Crippen LogP contribution in [0.2, 0.25) is 0 Å². The lowest BCUT2D eigenvalue weighted by atomic mass is 10.1. The zero-order valence-electron chi connectivity index (χ0n) is 14.6. The summed E-state index contributed by atoms with van der Waals surface area (Å²) < 4.78 is 39.6. The van der Waals surface area contributed by atoms with Crippen LogP contribution in [0.3, 0.4) is 0 Å². The average molecular weight is 376 g/mol. The highest BCUT2D eigenvalue weighted by atomic mass is 32.2. The minimum Gasteiger partial charge on any atom is -0.367 e. The summed E-state index contributed by atoms with van der Waals surface area (Å²) in [5, 5.41) is 3.39. The van der Waals surface area contributed by atoms with Gasteiger partial charge in [-0.3, -0.25) is 0 Å². The number of aromatic nitrogens is 2. The lowest BCUT2D eigenvalue weighted by Crippen LogP contribution is -2.38. The van der Waals surface area contributed by atoms with Crippen molar-refractivity contribution in [1.29, 1.82) is 0 Å². The van der Waals surface area contributed by atoms with Crippen LogP contribution >= 0.6 is 0 Å². The first-order valence-electron chi connectivity index (χ1n) is 8.86. The van der Waals surface area contributed by atoms with E-state index < -0.39 is 10.0 Å². The molecule has 6 nitrogen and oxygen atoms in total. The predicted molar refractivity (Wildman–Crippen MR) is 97.6 cm³/mol. The molecule has 0 radical (unpaired) electrons. The van der Waals surface area contributed by atoms with Crippen LogP contribution in [0.1, 0.15) is 31.0 Å². The standard InChI is InChI=1S/C18H21FN4O2S/c1-2-26(24,25)23-9-8-16-15(11-23)18(20-14-6-7-14)22-17(21-16)12-4-3-5-13(19)10-12/h3-5,10,14H,2,6-9,11H2,1H3,(H,20,21,22). The molecule has 2 heterocycles. The second kappa shape index (κ2) is 6.59. The summed E-state index contributed by atoms with van der Waals surface area (Å²) in [6.07, 6.45) is 2.68. The van der Waals surface area contributed by atoms with Crippen molar-refractivity contribution in [3.05, 3.63) is 41.3 Å². The smallest absolute Gasteiger partial charge is 0.214 e. The Balaban J connectivity index is 1.76. The molecule has 0 amide bonds. The molecular formula is C18H21FN4O2S. The minimum atomic E-state index is -3.26. The number of sulfonamides is 1. The highest BCUT2D eigenvalue weighted by Crippen LogP contribution is 2.32. The molecule has 0 unspecified atom stereocenters. The first-order valence-corrected chi connectivity index (χ1v) is 10.5. The summed E-state index contributed by atoms with van der Waals surface area (Å²) in [5.41, 5.74) is 2.29. The number of nitrogens with one attached hydrogen (secondary N) is 1. The van der Waals surface area contributed by atoms with E-state index in [2.05, 4.69) is 15.3 Å². The molecule has 8 heteroatoms. The van der Waals surface area contributed by atoms with Crippen LogP contribution in [0, 0.1) is 5.82 Å².